The Morgan fingerprint density at radius 2 is 1.75 bits per heavy atom. The number of aliphatic hydroxyl groups is 1. The van der Waals surface area contributed by atoms with Gasteiger partial charge in [-0.25, -0.2) is 4.79 Å². The average molecular weight is 466 g/mol. The average Bonchev–Trinajstić information content (AvgIpc) is 3.10. The molecule has 0 spiro atoms. The summed E-state index contributed by atoms with van der Waals surface area (Å²) in [7, 11) is 0. The standard InChI is InChI=1S/C18H22N6O7S/c1-18(27,11-20-6-8-21(9-7-20)17(25)26)12-22-10-15(24(30)31)19-16(22)32-14-4-2-13(3-5-14)23(28)29/h2-5,10,27H,6-9,11-12H2,1H3,(H,25,26)/t18-/m0/s1. The second kappa shape index (κ2) is 9.50. The van der Waals surface area contributed by atoms with Crippen molar-refractivity contribution in [2.75, 3.05) is 32.7 Å². The van der Waals surface area contributed by atoms with Crippen molar-refractivity contribution in [3.63, 3.8) is 0 Å². The van der Waals surface area contributed by atoms with Crippen LogP contribution in [-0.4, -0.2) is 83.8 Å². The van der Waals surface area contributed by atoms with Gasteiger partial charge in [-0.1, -0.05) is 0 Å². The molecule has 3 rings (SSSR count). The van der Waals surface area contributed by atoms with E-state index in [4.69, 9.17) is 5.11 Å². The molecular formula is C18H22N6O7S. The first-order valence-electron chi connectivity index (χ1n) is 9.60. The molecule has 1 fully saturated rings. The minimum Gasteiger partial charge on any atom is -0.465 e. The van der Waals surface area contributed by atoms with Crippen LogP contribution in [0.5, 0.6) is 0 Å². The van der Waals surface area contributed by atoms with Gasteiger partial charge in [-0.3, -0.25) is 19.6 Å². The third-order valence-electron chi connectivity index (χ3n) is 4.89. The molecule has 2 N–H and O–H groups in total. The molecule has 0 bridgehead atoms. The molecule has 1 aromatic carbocycles. The van der Waals surface area contributed by atoms with Crippen molar-refractivity contribution in [1.82, 2.24) is 19.4 Å². The van der Waals surface area contributed by atoms with Crippen LogP contribution in [-0.2, 0) is 6.54 Å². The maximum absolute atomic E-state index is 11.2. The van der Waals surface area contributed by atoms with Gasteiger partial charge in [0.25, 0.3) is 10.8 Å². The van der Waals surface area contributed by atoms with Crippen LogP contribution >= 0.6 is 11.8 Å². The number of nitro groups is 2. The number of hydrogen-bond acceptors (Lipinski definition) is 9. The van der Waals surface area contributed by atoms with Crippen LogP contribution in [0.2, 0.25) is 0 Å². The summed E-state index contributed by atoms with van der Waals surface area (Å²) in [6, 6.07) is 5.70. The Bertz CT molecular complexity index is 1000. The van der Waals surface area contributed by atoms with Crippen molar-refractivity contribution in [3.05, 3.63) is 50.7 Å². The van der Waals surface area contributed by atoms with Gasteiger partial charge in [0.05, 0.1) is 17.1 Å². The largest absolute Gasteiger partial charge is 0.465 e. The second-order valence-corrected chi connectivity index (χ2v) is 8.70. The number of rotatable bonds is 8. The summed E-state index contributed by atoms with van der Waals surface area (Å²) >= 11 is 1.09. The molecule has 2 aromatic rings. The first-order valence-corrected chi connectivity index (χ1v) is 10.4. The van der Waals surface area contributed by atoms with Crippen molar-refractivity contribution in [3.8, 4) is 0 Å². The summed E-state index contributed by atoms with van der Waals surface area (Å²) in [6.07, 6.45) is 0.264. The first-order chi connectivity index (χ1) is 15.0. The summed E-state index contributed by atoms with van der Waals surface area (Å²) in [6.45, 7) is 3.47. The Morgan fingerprint density at radius 1 is 1.12 bits per heavy atom. The highest BCUT2D eigenvalue weighted by molar-refractivity contribution is 7.99. The number of amides is 1. The van der Waals surface area contributed by atoms with E-state index in [1.807, 2.05) is 4.90 Å². The molecule has 13 nitrogen and oxygen atoms in total. The fraction of sp³-hybridized carbons (Fsp3) is 0.444. The van der Waals surface area contributed by atoms with Gasteiger partial charge < -0.3 is 25.2 Å². The minimum atomic E-state index is -1.27. The zero-order valence-electron chi connectivity index (χ0n) is 17.2. The van der Waals surface area contributed by atoms with Gasteiger partial charge in [-0.2, -0.15) is 0 Å². The second-order valence-electron chi connectivity index (χ2n) is 7.66. The zero-order valence-corrected chi connectivity index (χ0v) is 18.0. The highest BCUT2D eigenvalue weighted by Gasteiger charge is 2.31. The van der Waals surface area contributed by atoms with E-state index in [1.54, 1.807) is 6.92 Å². The van der Waals surface area contributed by atoms with Crippen LogP contribution in [0.15, 0.2) is 40.5 Å². The van der Waals surface area contributed by atoms with E-state index in [2.05, 4.69) is 4.98 Å². The number of nitro benzene ring substituents is 1. The van der Waals surface area contributed by atoms with Crippen LogP contribution in [0, 0.1) is 20.2 Å². The van der Waals surface area contributed by atoms with Crippen LogP contribution in [0.4, 0.5) is 16.3 Å². The van der Waals surface area contributed by atoms with Crippen molar-refractivity contribution in [1.29, 1.82) is 0 Å². The molecule has 0 saturated carbocycles. The monoisotopic (exact) mass is 466 g/mol. The predicted molar refractivity (Wildman–Crippen MR) is 113 cm³/mol. The predicted octanol–water partition coefficient (Wildman–Crippen LogP) is 1.90. The number of carbonyl (C=O) groups is 1. The highest BCUT2D eigenvalue weighted by atomic mass is 32.2. The van der Waals surface area contributed by atoms with E-state index in [9.17, 15) is 30.1 Å². The number of imidazole rings is 1. The Kier molecular flexibility index (Phi) is 6.96. The van der Waals surface area contributed by atoms with E-state index in [-0.39, 0.29) is 29.8 Å². The van der Waals surface area contributed by atoms with Gasteiger partial charge in [-0.15, -0.1) is 0 Å². The van der Waals surface area contributed by atoms with Crippen LogP contribution < -0.4 is 0 Å². The van der Waals surface area contributed by atoms with Crippen molar-refractivity contribution in [2.45, 2.75) is 29.1 Å². The molecule has 14 heteroatoms. The van der Waals surface area contributed by atoms with E-state index in [1.165, 1.54) is 39.9 Å². The molecule has 0 aliphatic carbocycles. The zero-order chi connectivity index (χ0) is 23.5. The Morgan fingerprint density at radius 3 is 2.28 bits per heavy atom. The van der Waals surface area contributed by atoms with E-state index < -0.39 is 21.5 Å². The minimum absolute atomic E-state index is 0.0162. The van der Waals surface area contributed by atoms with E-state index >= 15 is 0 Å². The van der Waals surface area contributed by atoms with Gasteiger partial charge >= 0.3 is 11.9 Å². The smallest absolute Gasteiger partial charge is 0.407 e. The van der Waals surface area contributed by atoms with Crippen molar-refractivity contribution >= 4 is 29.4 Å². The maximum Gasteiger partial charge on any atom is 0.407 e. The molecular weight excluding hydrogens is 444 g/mol. The number of nitrogens with zero attached hydrogens (tertiary/aromatic N) is 6. The number of benzene rings is 1. The van der Waals surface area contributed by atoms with Crippen molar-refractivity contribution < 1.29 is 24.9 Å². The number of aromatic nitrogens is 2. The molecule has 172 valence electrons. The van der Waals surface area contributed by atoms with Crippen molar-refractivity contribution in [2.24, 2.45) is 0 Å². The molecule has 1 amide bonds. The quantitative estimate of drug-likeness (QED) is 0.433. The molecule has 1 saturated heterocycles. The summed E-state index contributed by atoms with van der Waals surface area (Å²) in [4.78, 5) is 39.8. The molecule has 0 radical (unpaired) electrons. The number of β-amino-alcohol motifs (C(OH)–C–C–N with tert-alkyl or cyclic N) is 1. The topological polar surface area (TPSA) is 168 Å². The van der Waals surface area contributed by atoms with Gasteiger partial charge in [0.1, 0.15) is 6.20 Å². The third-order valence-corrected chi connectivity index (χ3v) is 5.91. The van der Waals surface area contributed by atoms with Crippen LogP contribution in [0.3, 0.4) is 0 Å². The molecule has 0 unspecified atom stereocenters. The van der Waals surface area contributed by atoms with Gasteiger partial charge in [0.15, 0.2) is 0 Å². The fourth-order valence-electron chi connectivity index (χ4n) is 3.41. The molecule has 1 aliphatic heterocycles. The van der Waals surface area contributed by atoms with Crippen LogP contribution in [0.1, 0.15) is 6.92 Å². The summed E-state index contributed by atoms with van der Waals surface area (Å²) in [5.41, 5.74) is -1.35. The molecule has 1 atom stereocenters. The first kappa shape index (κ1) is 23.4. The Hall–Kier alpha value is -3.23. The fourth-order valence-corrected chi connectivity index (χ4v) is 4.26. The lowest BCUT2D eigenvalue weighted by Gasteiger charge is -2.37. The van der Waals surface area contributed by atoms with Crippen LogP contribution in [0.25, 0.3) is 0 Å². The summed E-state index contributed by atoms with van der Waals surface area (Å²) in [5.74, 6) is -0.375. The lowest BCUT2D eigenvalue weighted by Crippen LogP contribution is -2.53. The summed E-state index contributed by atoms with van der Waals surface area (Å²) in [5, 5.41) is 42.3. The SMILES string of the molecule is C[C@](O)(CN1CCN(C(=O)O)CC1)Cn1cc([N+](=O)[O-])nc1Sc1ccc([N+](=O)[O-])cc1. The maximum atomic E-state index is 11.2. The molecule has 1 aromatic heterocycles. The van der Waals surface area contributed by atoms with E-state index in [0.29, 0.717) is 31.1 Å². The van der Waals surface area contributed by atoms with Gasteiger partial charge in [0.2, 0.25) is 0 Å². The van der Waals surface area contributed by atoms with E-state index in [0.717, 1.165) is 11.8 Å². The Balaban J connectivity index is 1.72. The third kappa shape index (κ3) is 5.93. The lowest BCUT2D eigenvalue weighted by molar-refractivity contribution is -0.389. The molecule has 1 aliphatic rings. The number of carboxylic acid groups (broad SMARTS) is 1. The van der Waals surface area contributed by atoms with Gasteiger partial charge in [0, 0.05) is 49.8 Å². The molecule has 32 heavy (non-hydrogen) atoms. The van der Waals surface area contributed by atoms with Gasteiger partial charge in [-0.05, 0) is 40.7 Å². The lowest BCUT2D eigenvalue weighted by atomic mass is 10.1. The molecule has 2 heterocycles. The highest BCUT2D eigenvalue weighted by Crippen LogP contribution is 2.31. The number of piperazine rings is 1. The normalized spacial score (nSPS) is 16.5. The number of hydrogen-bond donors (Lipinski definition) is 2. The number of non-ortho nitro benzene ring substituents is 1. The summed E-state index contributed by atoms with van der Waals surface area (Å²) < 4.78 is 1.48. The Labute approximate surface area is 186 Å².